The first-order valence-electron chi connectivity index (χ1n) is 3.36. The molecule has 11 heavy (non-hydrogen) atoms. The van der Waals surface area contributed by atoms with Gasteiger partial charge < -0.3 is 5.11 Å². The van der Waals surface area contributed by atoms with Crippen molar-refractivity contribution < 1.29 is 9.90 Å². The van der Waals surface area contributed by atoms with Crippen LogP contribution in [0, 0.1) is 17.2 Å². The minimum atomic E-state index is -0.863. The fourth-order valence-electron chi connectivity index (χ4n) is 0.804. The average Bonchev–Trinajstić information content (AvgIpc) is 1.85. The third-order valence-corrected chi connectivity index (χ3v) is 1.21. The van der Waals surface area contributed by atoms with Gasteiger partial charge in [-0.1, -0.05) is 0 Å². The van der Waals surface area contributed by atoms with Crippen molar-refractivity contribution in [3.8, 4) is 6.07 Å². The van der Waals surface area contributed by atoms with Gasteiger partial charge in [-0.05, 0) is 14.0 Å². The summed E-state index contributed by atoms with van der Waals surface area (Å²) >= 11 is 0. The van der Waals surface area contributed by atoms with Gasteiger partial charge in [0.15, 0.2) is 0 Å². The second-order valence-electron chi connectivity index (χ2n) is 2.62. The highest BCUT2D eigenvalue weighted by atomic mass is 16.4. The Labute approximate surface area is 66.0 Å². The van der Waals surface area contributed by atoms with Gasteiger partial charge in [0.05, 0.1) is 18.5 Å². The number of nitrogens with zero attached hydrogens (tertiary/aromatic N) is 2. The van der Waals surface area contributed by atoms with E-state index < -0.39 is 5.97 Å². The Kier molecular flexibility index (Phi) is 4.23. The van der Waals surface area contributed by atoms with Crippen molar-refractivity contribution >= 4 is 5.97 Å². The molecule has 0 radical (unpaired) electrons. The van der Waals surface area contributed by atoms with Gasteiger partial charge in [-0.25, -0.2) is 0 Å². The number of aliphatic carboxylic acids is 1. The van der Waals surface area contributed by atoms with Crippen LogP contribution in [0.25, 0.3) is 0 Å². The number of carboxylic acid groups (broad SMARTS) is 1. The molecule has 0 amide bonds. The van der Waals surface area contributed by atoms with E-state index in [9.17, 15) is 4.79 Å². The summed E-state index contributed by atoms with van der Waals surface area (Å²) in [6.07, 6.45) is 0. The van der Waals surface area contributed by atoms with E-state index >= 15 is 0 Å². The van der Waals surface area contributed by atoms with Crippen LogP contribution < -0.4 is 0 Å². The maximum Gasteiger partial charge on any atom is 0.317 e. The van der Waals surface area contributed by atoms with Crippen LogP contribution in [0.2, 0.25) is 0 Å². The summed E-state index contributed by atoms with van der Waals surface area (Å²) in [4.78, 5) is 11.8. The summed E-state index contributed by atoms with van der Waals surface area (Å²) in [7, 11) is 1.68. The van der Waals surface area contributed by atoms with Gasteiger partial charge in [-0.3, -0.25) is 9.69 Å². The monoisotopic (exact) mass is 156 g/mol. The lowest BCUT2D eigenvalue weighted by Crippen LogP contribution is -2.29. The molecule has 0 aliphatic rings. The number of hydrogen-bond donors (Lipinski definition) is 1. The first-order valence-corrected chi connectivity index (χ1v) is 3.36. The number of nitriles is 1. The molecule has 0 bridgehead atoms. The standard InChI is InChI=1S/C7H12N2O2/c1-6(3-8)4-9(2)5-7(10)11/h6H,4-5H2,1-2H3,(H,10,11). The lowest BCUT2D eigenvalue weighted by atomic mass is 10.2. The van der Waals surface area contributed by atoms with Crippen molar-refractivity contribution in [3.63, 3.8) is 0 Å². The van der Waals surface area contributed by atoms with Crippen LogP contribution in [0.15, 0.2) is 0 Å². The van der Waals surface area contributed by atoms with E-state index in [1.807, 2.05) is 6.07 Å². The van der Waals surface area contributed by atoms with Gasteiger partial charge >= 0.3 is 5.97 Å². The minimum absolute atomic E-state index is 0.00792. The number of hydrogen-bond acceptors (Lipinski definition) is 3. The van der Waals surface area contributed by atoms with E-state index in [-0.39, 0.29) is 12.5 Å². The number of carboxylic acids is 1. The topological polar surface area (TPSA) is 64.3 Å². The maximum absolute atomic E-state index is 10.2. The molecule has 1 N–H and O–H groups in total. The van der Waals surface area contributed by atoms with Gasteiger partial charge in [-0.2, -0.15) is 5.26 Å². The van der Waals surface area contributed by atoms with Gasteiger partial charge in [0.2, 0.25) is 0 Å². The predicted molar refractivity (Wildman–Crippen MR) is 39.9 cm³/mol. The smallest absolute Gasteiger partial charge is 0.317 e. The number of likely N-dealkylation sites (N-methyl/N-ethyl adjacent to an activating group) is 1. The van der Waals surface area contributed by atoms with Gasteiger partial charge in [0.25, 0.3) is 0 Å². The fraction of sp³-hybridized carbons (Fsp3) is 0.714. The molecule has 0 aromatic carbocycles. The molecule has 0 aliphatic carbocycles. The summed E-state index contributed by atoms with van der Waals surface area (Å²) in [6.45, 7) is 2.26. The third-order valence-electron chi connectivity index (χ3n) is 1.21. The molecule has 1 unspecified atom stereocenters. The molecule has 0 aliphatic heterocycles. The van der Waals surface area contributed by atoms with E-state index in [1.54, 1.807) is 18.9 Å². The lowest BCUT2D eigenvalue weighted by molar-refractivity contribution is -0.138. The average molecular weight is 156 g/mol. The fourth-order valence-corrected chi connectivity index (χ4v) is 0.804. The van der Waals surface area contributed by atoms with E-state index in [1.165, 1.54) is 0 Å². The molecule has 4 heteroatoms. The van der Waals surface area contributed by atoms with Crippen LogP contribution in [0.1, 0.15) is 6.92 Å². The third kappa shape index (κ3) is 5.37. The van der Waals surface area contributed by atoms with E-state index in [2.05, 4.69) is 0 Å². The van der Waals surface area contributed by atoms with Crippen LogP contribution in [0.4, 0.5) is 0 Å². The molecule has 1 atom stereocenters. The van der Waals surface area contributed by atoms with E-state index in [0.29, 0.717) is 6.54 Å². The first-order chi connectivity index (χ1) is 5.06. The van der Waals surface area contributed by atoms with Crippen molar-refractivity contribution in [2.75, 3.05) is 20.1 Å². The van der Waals surface area contributed by atoms with Crippen LogP contribution in [-0.4, -0.2) is 36.1 Å². The highest BCUT2D eigenvalue weighted by Gasteiger charge is 2.07. The Morgan fingerprint density at radius 3 is 2.73 bits per heavy atom. The molecule has 0 saturated carbocycles. The van der Waals surface area contributed by atoms with Crippen LogP contribution in [0.3, 0.4) is 0 Å². The molecular formula is C7H12N2O2. The molecule has 0 fully saturated rings. The Hall–Kier alpha value is -1.08. The summed E-state index contributed by atoms with van der Waals surface area (Å²) in [5.41, 5.74) is 0. The molecule has 0 aromatic rings. The van der Waals surface area contributed by atoms with Crippen molar-refractivity contribution in [2.45, 2.75) is 6.92 Å². The number of rotatable bonds is 4. The Morgan fingerprint density at radius 2 is 2.36 bits per heavy atom. The highest BCUT2D eigenvalue weighted by molar-refractivity contribution is 5.68. The molecule has 0 heterocycles. The minimum Gasteiger partial charge on any atom is -0.480 e. The summed E-state index contributed by atoms with van der Waals surface area (Å²) in [6, 6.07) is 2.03. The summed E-state index contributed by atoms with van der Waals surface area (Å²) in [5.74, 6) is -0.975. The molecule has 62 valence electrons. The lowest BCUT2D eigenvalue weighted by Gasteiger charge is -2.14. The number of carbonyl (C=O) groups is 1. The SMILES string of the molecule is CC(C#N)CN(C)CC(=O)O. The molecule has 0 rings (SSSR count). The molecule has 0 spiro atoms. The maximum atomic E-state index is 10.2. The van der Waals surface area contributed by atoms with Crippen molar-refractivity contribution in [2.24, 2.45) is 5.92 Å². The van der Waals surface area contributed by atoms with E-state index in [4.69, 9.17) is 10.4 Å². The Morgan fingerprint density at radius 1 is 1.82 bits per heavy atom. The largest absolute Gasteiger partial charge is 0.480 e. The molecule has 0 aromatic heterocycles. The molecule has 0 saturated heterocycles. The van der Waals surface area contributed by atoms with Crippen LogP contribution >= 0.6 is 0 Å². The normalized spacial score (nSPS) is 12.5. The van der Waals surface area contributed by atoms with Gasteiger partial charge in [-0.15, -0.1) is 0 Å². The summed E-state index contributed by atoms with van der Waals surface area (Å²) in [5, 5.41) is 16.7. The second kappa shape index (κ2) is 4.69. The van der Waals surface area contributed by atoms with Crippen molar-refractivity contribution in [1.29, 1.82) is 5.26 Å². The first kappa shape index (κ1) is 9.92. The molecule has 4 nitrogen and oxygen atoms in total. The Bertz CT molecular complexity index is 174. The van der Waals surface area contributed by atoms with E-state index in [0.717, 1.165) is 0 Å². The highest BCUT2D eigenvalue weighted by Crippen LogP contribution is 1.94. The molecular weight excluding hydrogens is 144 g/mol. The predicted octanol–water partition coefficient (Wildman–Crippen LogP) is 0.162. The van der Waals surface area contributed by atoms with Gasteiger partial charge in [0.1, 0.15) is 0 Å². The van der Waals surface area contributed by atoms with Crippen LogP contribution in [-0.2, 0) is 4.79 Å². The zero-order valence-corrected chi connectivity index (χ0v) is 6.74. The van der Waals surface area contributed by atoms with Gasteiger partial charge in [0, 0.05) is 6.54 Å². The Balaban J connectivity index is 3.62. The van der Waals surface area contributed by atoms with Crippen LogP contribution in [0.5, 0.6) is 0 Å². The summed E-state index contributed by atoms with van der Waals surface area (Å²) < 4.78 is 0. The van der Waals surface area contributed by atoms with Crippen molar-refractivity contribution in [3.05, 3.63) is 0 Å². The zero-order chi connectivity index (χ0) is 8.85. The van der Waals surface area contributed by atoms with Crippen molar-refractivity contribution in [1.82, 2.24) is 4.90 Å². The quantitative estimate of drug-likeness (QED) is 0.629. The zero-order valence-electron chi connectivity index (χ0n) is 6.74. The second-order valence-corrected chi connectivity index (χ2v) is 2.62.